The van der Waals surface area contributed by atoms with E-state index in [0.717, 1.165) is 0 Å². The normalized spacial score (nSPS) is 45.9. The van der Waals surface area contributed by atoms with Gasteiger partial charge in [-0.25, -0.2) is 8.42 Å². The molecule has 1 rings (SSSR count). The Morgan fingerprint density at radius 3 is 2.33 bits per heavy atom. The van der Waals surface area contributed by atoms with Gasteiger partial charge in [-0.2, -0.15) is 0 Å². The third-order valence-corrected chi connectivity index (χ3v) is 2.16. The molecule has 0 atom stereocenters. The van der Waals surface area contributed by atoms with Crippen molar-refractivity contribution < 1.29 is 13.9 Å². The molecule has 0 aromatic heterocycles. The fraction of sp³-hybridized carbons (Fsp3) is 1.00. The molecule has 0 aromatic rings. The van der Waals surface area contributed by atoms with Gasteiger partial charge >= 0.3 is 0 Å². The van der Waals surface area contributed by atoms with Gasteiger partial charge in [0.1, 0.15) is 9.84 Å². The first-order valence-corrected chi connectivity index (χ1v) is 4.08. The van der Waals surface area contributed by atoms with Crippen LogP contribution in [0.3, 0.4) is 0 Å². The Hall–Kier alpha value is -0.0900. The average molecular weight is 153 g/mol. The van der Waals surface area contributed by atoms with E-state index in [1.807, 2.05) is 0 Å². The minimum absolute atomic E-state index is 0.338. The predicted molar refractivity (Wildman–Crippen MR) is 35.9 cm³/mol. The van der Waals surface area contributed by atoms with Crippen LogP contribution < -0.4 is 5.73 Å². The Bertz CT molecular complexity index is 288. The van der Waals surface area contributed by atoms with Gasteiger partial charge in [-0.15, -0.1) is 0 Å². The number of hydrogen-bond donors (Lipinski definition) is 1. The predicted octanol–water partition coefficient (Wildman–Crippen LogP) is -0.478. The molecule has 0 aromatic carbocycles. The minimum Gasteiger partial charge on any atom is -0.328 e. The van der Waals surface area contributed by atoms with E-state index in [1.54, 1.807) is 0 Å². The molecular weight excluding hydrogens is 138 g/mol. The Balaban J connectivity index is 3.20. The van der Waals surface area contributed by atoms with Crippen LogP contribution >= 0.6 is 0 Å². The Morgan fingerprint density at radius 2 is 1.89 bits per heavy atom. The van der Waals surface area contributed by atoms with Crippen molar-refractivity contribution in [3.8, 4) is 0 Å². The van der Waals surface area contributed by atoms with Crippen LogP contribution in [-0.4, -0.2) is 25.9 Å². The van der Waals surface area contributed by atoms with Crippen molar-refractivity contribution >= 4 is 9.84 Å². The number of nitrogens with two attached hydrogens (primary N) is 1. The largest absolute Gasteiger partial charge is 0.328 e. The average Bonchev–Trinajstić information content (AvgIpc) is 1.80. The molecule has 54 valence electrons. The van der Waals surface area contributed by atoms with E-state index >= 15 is 0 Å². The lowest BCUT2D eigenvalue weighted by Crippen LogP contribution is -2.32. The molecule has 0 bridgehead atoms. The summed E-state index contributed by atoms with van der Waals surface area (Å²) in [4.78, 5) is 0. The first-order chi connectivity index (χ1) is 5.60. The zero-order chi connectivity index (χ0) is 10.5. The molecule has 1 aliphatic heterocycles. The SMILES string of the molecule is [2H]C1([2H])CC(N)CC([2H])([2H])S1(=O)=O. The van der Waals surface area contributed by atoms with Crippen LogP contribution in [0.5, 0.6) is 0 Å². The van der Waals surface area contributed by atoms with E-state index in [0.29, 0.717) is 0 Å². The molecule has 1 heterocycles. The van der Waals surface area contributed by atoms with Crippen LogP contribution in [0.25, 0.3) is 0 Å². The smallest absolute Gasteiger partial charge is 0.150 e. The van der Waals surface area contributed by atoms with Crippen molar-refractivity contribution in [2.45, 2.75) is 18.9 Å². The highest BCUT2D eigenvalue weighted by atomic mass is 32.2. The summed E-state index contributed by atoms with van der Waals surface area (Å²) in [6.45, 7) is 0. The molecule has 3 nitrogen and oxygen atoms in total. The van der Waals surface area contributed by atoms with E-state index in [1.165, 1.54) is 0 Å². The molecular formula is C5H11NO2S. The topological polar surface area (TPSA) is 60.2 Å². The summed E-state index contributed by atoms with van der Waals surface area (Å²) in [6.07, 6.45) is -0.677. The lowest BCUT2D eigenvalue weighted by Gasteiger charge is -2.16. The summed E-state index contributed by atoms with van der Waals surface area (Å²) in [5, 5.41) is 0. The summed E-state index contributed by atoms with van der Waals surface area (Å²) in [7, 11) is -4.39. The highest BCUT2D eigenvalue weighted by molar-refractivity contribution is 7.91. The summed E-state index contributed by atoms with van der Waals surface area (Å²) >= 11 is 0. The maximum absolute atomic E-state index is 11.3. The van der Waals surface area contributed by atoms with Gasteiger partial charge in [-0.05, 0) is 12.8 Å². The van der Waals surface area contributed by atoms with E-state index in [2.05, 4.69) is 0 Å². The van der Waals surface area contributed by atoms with Crippen molar-refractivity contribution in [3.05, 3.63) is 0 Å². The third-order valence-electron chi connectivity index (χ3n) is 1.07. The summed E-state index contributed by atoms with van der Waals surface area (Å²) in [5.74, 6) is 0. The number of sulfone groups is 1. The van der Waals surface area contributed by atoms with Gasteiger partial charge in [0.15, 0.2) is 0 Å². The fourth-order valence-electron chi connectivity index (χ4n) is 0.557. The van der Waals surface area contributed by atoms with Crippen LogP contribution in [0.4, 0.5) is 0 Å². The zero-order valence-corrected chi connectivity index (χ0v) is 5.61. The van der Waals surface area contributed by atoms with Crippen molar-refractivity contribution in [1.29, 1.82) is 0 Å². The molecule has 1 saturated heterocycles. The maximum atomic E-state index is 11.3. The summed E-state index contributed by atoms with van der Waals surface area (Å²) in [6, 6.07) is -0.742. The minimum atomic E-state index is -4.39. The Morgan fingerprint density at radius 1 is 1.44 bits per heavy atom. The van der Waals surface area contributed by atoms with Crippen LogP contribution in [0.1, 0.15) is 18.3 Å². The Kier molecular flexibility index (Phi) is 0.842. The van der Waals surface area contributed by atoms with Gasteiger partial charge in [-0.1, -0.05) is 0 Å². The molecule has 0 radical (unpaired) electrons. The van der Waals surface area contributed by atoms with Gasteiger partial charge in [0.25, 0.3) is 0 Å². The van der Waals surface area contributed by atoms with Gasteiger partial charge < -0.3 is 5.73 Å². The lowest BCUT2D eigenvalue weighted by atomic mass is 10.2. The van der Waals surface area contributed by atoms with Crippen molar-refractivity contribution in [2.75, 3.05) is 11.4 Å². The molecule has 0 spiro atoms. The van der Waals surface area contributed by atoms with E-state index < -0.39 is 27.3 Å². The quantitative estimate of drug-likeness (QED) is 0.511. The molecule has 1 aliphatic rings. The van der Waals surface area contributed by atoms with Gasteiger partial charge in [0.05, 0.1) is 11.4 Å². The van der Waals surface area contributed by atoms with E-state index in [-0.39, 0.29) is 12.8 Å². The zero-order valence-electron chi connectivity index (χ0n) is 8.79. The van der Waals surface area contributed by atoms with Crippen molar-refractivity contribution in [3.63, 3.8) is 0 Å². The van der Waals surface area contributed by atoms with Crippen LogP contribution in [0.2, 0.25) is 0 Å². The second-order valence-electron chi connectivity index (χ2n) is 1.96. The van der Waals surface area contributed by atoms with Gasteiger partial charge in [0, 0.05) is 11.5 Å². The Labute approximate surface area is 60.8 Å². The third kappa shape index (κ3) is 1.95. The molecule has 0 aliphatic carbocycles. The molecule has 0 amide bonds. The van der Waals surface area contributed by atoms with Crippen LogP contribution in [0.15, 0.2) is 0 Å². The highest BCUT2D eigenvalue weighted by Crippen LogP contribution is 2.09. The maximum Gasteiger partial charge on any atom is 0.150 e. The molecule has 9 heavy (non-hydrogen) atoms. The second kappa shape index (κ2) is 2.27. The first-order valence-electron chi connectivity index (χ1n) is 4.60. The molecule has 0 saturated carbocycles. The number of hydrogen-bond acceptors (Lipinski definition) is 3. The van der Waals surface area contributed by atoms with Gasteiger partial charge in [-0.3, -0.25) is 0 Å². The molecule has 4 heteroatoms. The van der Waals surface area contributed by atoms with Crippen LogP contribution in [-0.2, 0) is 9.84 Å². The summed E-state index contributed by atoms with van der Waals surface area (Å²) in [5.41, 5.74) is 0.268. The summed E-state index contributed by atoms with van der Waals surface area (Å²) < 4.78 is 51.3. The van der Waals surface area contributed by atoms with E-state index in [4.69, 9.17) is 11.2 Å². The fourth-order valence-corrected chi connectivity index (χ4v) is 1.53. The molecule has 2 N–H and O–H groups in total. The monoisotopic (exact) mass is 153 g/mol. The standard InChI is InChI=1S/C5H11NO2S/c6-5-1-3-9(7,8)4-2-5/h5H,1-4,6H2/i3D2,4D2. The molecule has 0 unspecified atom stereocenters. The molecule has 1 fully saturated rings. The van der Waals surface area contributed by atoms with E-state index in [9.17, 15) is 8.42 Å². The first kappa shape index (κ1) is 3.34. The number of rotatable bonds is 0. The van der Waals surface area contributed by atoms with Crippen molar-refractivity contribution in [1.82, 2.24) is 0 Å². The second-order valence-corrected chi connectivity index (χ2v) is 3.54. The lowest BCUT2D eigenvalue weighted by molar-refractivity contribution is 0.547. The van der Waals surface area contributed by atoms with Gasteiger partial charge in [0.2, 0.25) is 0 Å². The van der Waals surface area contributed by atoms with Crippen molar-refractivity contribution in [2.24, 2.45) is 5.73 Å². The highest BCUT2D eigenvalue weighted by Gasteiger charge is 2.20. The van der Waals surface area contributed by atoms with Crippen LogP contribution in [0, 0.1) is 0 Å².